The minimum Gasteiger partial charge on any atom is -0.345 e. The second-order valence-electron chi connectivity index (χ2n) is 6.21. The molecule has 0 saturated heterocycles. The number of rotatable bonds is 6. The fourth-order valence-electron chi connectivity index (χ4n) is 2.68. The van der Waals surface area contributed by atoms with Gasteiger partial charge in [0, 0.05) is 0 Å². The Kier molecular flexibility index (Phi) is 5.75. The van der Waals surface area contributed by atoms with Gasteiger partial charge in [0.2, 0.25) is 0 Å². The standard InChI is InChI=1S/C21H19FN2O3S/c1-15(16-11-13-17(22)14-12-16)23-21(25)19-9-5-6-10-20(19)24-28(26,27)18-7-3-2-4-8-18/h2-15,24H,1H3,(H,23,25)/t15-/m0/s1. The lowest BCUT2D eigenvalue weighted by Gasteiger charge is -2.17. The topological polar surface area (TPSA) is 75.3 Å². The van der Waals surface area contributed by atoms with Crippen molar-refractivity contribution in [2.24, 2.45) is 0 Å². The van der Waals surface area contributed by atoms with E-state index in [1.807, 2.05) is 0 Å². The molecule has 0 spiro atoms. The lowest BCUT2D eigenvalue weighted by molar-refractivity contribution is 0.0941. The van der Waals surface area contributed by atoms with E-state index in [9.17, 15) is 17.6 Å². The van der Waals surface area contributed by atoms with E-state index in [0.29, 0.717) is 0 Å². The molecule has 3 aromatic rings. The van der Waals surface area contributed by atoms with E-state index in [4.69, 9.17) is 0 Å². The molecular weight excluding hydrogens is 379 g/mol. The third kappa shape index (κ3) is 4.55. The van der Waals surface area contributed by atoms with Gasteiger partial charge in [-0.1, -0.05) is 42.5 Å². The normalized spacial score (nSPS) is 12.2. The van der Waals surface area contributed by atoms with Gasteiger partial charge in [-0.3, -0.25) is 9.52 Å². The van der Waals surface area contributed by atoms with Gasteiger partial charge in [-0.2, -0.15) is 0 Å². The van der Waals surface area contributed by atoms with Gasteiger partial charge in [0.05, 0.1) is 22.2 Å². The first kappa shape index (κ1) is 19.6. The number of amides is 1. The number of carbonyl (C=O) groups is 1. The van der Waals surface area contributed by atoms with E-state index in [1.165, 1.54) is 36.4 Å². The SMILES string of the molecule is C[C@H](NC(=O)c1ccccc1NS(=O)(=O)c1ccccc1)c1ccc(F)cc1. The Morgan fingerprint density at radius 3 is 2.18 bits per heavy atom. The fourth-order valence-corrected chi connectivity index (χ4v) is 3.78. The summed E-state index contributed by atoms with van der Waals surface area (Å²) in [5.74, 6) is -0.800. The summed E-state index contributed by atoms with van der Waals surface area (Å²) in [6.07, 6.45) is 0. The molecule has 3 aromatic carbocycles. The second kappa shape index (κ2) is 8.22. The molecular formula is C21H19FN2O3S. The van der Waals surface area contributed by atoms with Gasteiger partial charge < -0.3 is 5.32 Å². The van der Waals surface area contributed by atoms with E-state index < -0.39 is 15.9 Å². The van der Waals surface area contributed by atoms with Crippen LogP contribution in [0, 0.1) is 5.82 Å². The maximum Gasteiger partial charge on any atom is 0.261 e. The zero-order valence-electron chi connectivity index (χ0n) is 15.1. The van der Waals surface area contributed by atoms with Crippen molar-refractivity contribution in [3.63, 3.8) is 0 Å². The molecule has 0 aliphatic heterocycles. The van der Waals surface area contributed by atoms with Crippen LogP contribution in [0.1, 0.15) is 28.9 Å². The number of para-hydroxylation sites is 1. The minimum atomic E-state index is -3.83. The first-order chi connectivity index (χ1) is 13.4. The van der Waals surface area contributed by atoms with Crippen molar-refractivity contribution in [3.05, 3.63) is 95.8 Å². The summed E-state index contributed by atoms with van der Waals surface area (Å²) in [6.45, 7) is 1.77. The van der Waals surface area contributed by atoms with Crippen LogP contribution in [0.25, 0.3) is 0 Å². The van der Waals surface area contributed by atoms with Gasteiger partial charge in [0.25, 0.3) is 15.9 Å². The molecule has 1 amide bonds. The summed E-state index contributed by atoms with van der Waals surface area (Å²) in [4.78, 5) is 12.8. The number of benzene rings is 3. The maximum absolute atomic E-state index is 13.1. The van der Waals surface area contributed by atoms with Gasteiger partial charge >= 0.3 is 0 Å². The van der Waals surface area contributed by atoms with Gasteiger partial charge in [-0.25, -0.2) is 12.8 Å². The summed E-state index contributed by atoms with van der Waals surface area (Å²) in [5, 5.41) is 2.80. The lowest BCUT2D eigenvalue weighted by Crippen LogP contribution is -2.28. The van der Waals surface area contributed by atoms with Crippen LogP contribution in [-0.4, -0.2) is 14.3 Å². The third-order valence-corrected chi connectivity index (χ3v) is 5.57. The van der Waals surface area contributed by atoms with Crippen LogP contribution in [0.2, 0.25) is 0 Å². The highest BCUT2D eigenvalue weighted by molar-refractivity contribution is 7.92. The van der Waals surface area contributed by atoms with E-state index in [0.717, 1.165) is 5.56 Å². The molecule has 2 N–H and O–H groups in total. The number of halogens is 1. The van der Waals surface area contributed by atoms with Gasteiger partial charge in [-0.05, 0) is 48.9 Å². The van der Waals surface area contributed by atoms with E-state index in [2.05, 4.69) is 10.0 Å². The highest BCUT2D eigenvalue weighted by atomic mass is 32.2. The molecule has 0 saturated carbocycles. The van der Waals surface area contributed by atoms with Crippen molar-refractivity contribution in [2.75, 3.05) is 4.72 Å². The number of carbonyl (C=O) groups excluding carboxylic acids is 1. The molecule has 0 fully saturated rings. The largest absolute Gasteiger partial charge is 0.345 e. The van der Waals surface area contributed by atoms with Crippen LogP contribution in [0.4, 0.5) is 10.1 Å². The number of nitrogens with one attached hydrogen (secondary N) is 2. The van der Waals surface area contributed by atoms with Crippen molar-refractivity contribution < 1.29 is 17.6 Å². The third-order valence-electron chi connectivity index (χ3n) is 4.19. The smallest absolute Gasteiger partial charge is 0.261 e. The van der Waals surface area contributed by atoms with Crippen LogP contribution < -0.4 is 10.0 Å². The highest BCUT2D eigenvalue weighted by Crippen LogP contribution is 2.21. The summed E-state index contributed by atoms with van der Waals surface area (Å²) >= 11 is 0. The van der Waals surface area contributed by atoms with Gasteiger partial charge in [0.1, 0.15) is 5.82 Å². The Labute approximate surface area is 163 Å². The Morgan fingerprint density at radius 2 is 1.50 bits per heavy atom. The van der Waals surface area contributed by atoms with Crippen molar-refractivity contribution in [2.45, 2.75) is 17.9 Å². The molecule has 0 aliphatic rings. The molecule has 7 heteroatoms. The summed E-state index contributed by atoms with van der Waals surface area (Å²) in [5.41, 5.74) is 1.10. The molecule has 3 rings (SSSR count). The van der Waals surface area contributed by atoms with Crippen LogP contribution in [0.3, 0.4) is 0 Å². The quantitative estimate of drug-likeness (QED) is 0.656. The number of hydrogen-bond donors (Lipinski definition) is 2. The van der Waals surface area contributed by atoms with Gasteiger partial charge in [-0.15, -0.1) is 0 Å². The molecule has 0 aliphatic carbocycles. The minimum absolute atomic E-state index is 0.102. The van der Waals surface area contributed by atoms with Crippen molar-refractivity contribution in [1.29, 1.82) is 0 Å². The fraction of sp³-hybridized carbons (Fsp3) is 0.0952. The van der Waals surface area contributed by atoms with Crippen molar-refractivity contribution in [3.8, 4) is 0 Å². The van der Waals surface area contributed by atoms with Crippen LogP contribution in [-0.2, 0) is 10.0 Å². The zero-order chi connectivity index (χ0) is 20.1. The number of anilines is 1. The van der Waals surface area contributed by atoms with Gasteiger partial charge in [0.15, 0.2) is 0 Å². The summed E-state index contributed by atoms with van der Waals surface area (Å²) in [6, 6.07) is 19.7. The van der Waals surface area contributed by atoms with E-state index in [-0.39, 0.29) is 28.0 Å². The molecule has 0 aromatic heterocycles. The zero-order valence-corrected chi connectivity index (χ0v) is 15.9. The molecule has 28 heavy (non-hydrogen) atoms. The summed E-state index contributed by atoms with van der Waals surface area (Å²) in [7, 11) is -3.83. The molecule has 1 atom stereocenters. The Morgan fingerprint density at radius 1 is 0.893 bits per heavy atom. The molecule has 5 nitrogen and oxygen atoms in total. The van der Waals surface area contributed by atoms with Crippen molar-refractivity contribution >= 4 is 21.6 Å². The highest BCUT2D eigenvalue weighted by Gasteiger charge is 2.19. The maximum atomic E-state index is 13.1. The molecule has 0 heterocycles. The van der Waals surface area contributed by atoms with Crippen LogP contribution in [0.5, 0.6) is 0 Å². The predicted octanol–water partition coefficient (Wildman–Crippen LogP) is 4.12. The molecule has 144 valence electrons. The monoisotopic (exact) mass is 398 g/mol. The van der Waals surface area contributed by atoms with Crippen molar-refractivity contribution in [1.82, 2.24) is 5.32 Å². The second-order valence-corrected chi connectivity index (χ2v) is 7.89. The molecule has 0 bridgehead atoms. The van der Waals surface area contributed by atoms with Crippen LogP contribution >= 0.6 is 0 Å². The first-order valence-electron chi connectivity index (χ1n) is 8.60. The molecule has 0 radical (unpaired) electrons. The van der Waals surface area contributed by atoms with Crippen LogP contribution in [0.15, 0.2) is 83.8 Å². The number of sulfonamides is 1. The predicted molar refractivity (Wildman–Crippen MR) is 106 cm³/mol. The van der Waals surface area contributed by atoms with E-state index >= 15 is 0 Å². The Hall–Kier alpha value is -3.19. The average Bonchev–Trinajstić information content (AvgIpc) is 2.69. The van der Waals surface area contributed by atoms with E-state index in [1.54, 1.807) is 49.4 Å². The number of hydrogen-bond acceptors (Lipinski definition) is 3. The summed E-state index contributed by atoms with van der Waals surface area (Å²) < 4.78 is 40.7. The Balaban J connectivity index is 1.81. The Bertz CT molecular complexity index is 1070. The molecule has 0 unspecified atom stereocenters. The first-order valence-corrected chi connectivity index (χ1v) is 10.1. The average molecular weight is 398 g/mol. The lowest BCUT2D eigenvalue weighted by atomic mass is 10.1.